The summed E-state index contributed by atoms with van der Waals surface area (Å²) in [6.45, 7) is 0. The van der Waals surface area contributed by atoms with Crippen molar-refractivity contribution in [2.75, 3.05) is 0 Å². The fraction of sp³-hybridized carbons (Fsp3) is 0.875. The van der Waals surface area contributed by atoms with Crippen molar-refractivity contribution in [3.8, 4) is 0 Å². The van der Waals surface area contributed by atoms with E-state index < -0.39 is 5.97 Å². The Labute approximate surface area is 65.3 Å². The van der Waals surface area contributed by atoms with Gasteiger partial charge in [0.2, 0.25) is 0 Å². The predicted molar refractivity (Wildman–Crippen MR) is 37.7 cm³/mol. The number of hydrogen-bond donors (Lipinski definition) is 1. The highest BCUT2D eigenvalue weighted by molar-refractivity contribution is 5.77. The maximum Gasteiger partial charge on any atom is 0.348 e. The van der Waals surface area contributed by atoms with Gasteiger partial charge in [-0.1, -0.05) is 0 Å². The Bertz CT molecular complexity index is 180. The van der Waals surface area contributed by atoms with Gasteiger partial charge in [-0.2, -0.15) is 5.26 Å². The quantitative estimate of drug-likeness (QED) is 0.463. The minimum atomic E-state index is -0.405. The van der Waals surface area contributed by atoms with Gasteiger partial charge in [-0.3, -0.25) is 0 Å². The van der Waals surface area contributed by atoms with Gasteiger partial charge in [0.25, 0.3) is 0 Å². The molecule has 2 aliphatic carbocycles. The fourth-order valence-corrected chi connectivity index (χ4v) is 2.58. The third kappa shape index (κ3) is 0.872. The van der Waals surface area contributed by atoms with Crippen LogP contribution in [-0.4, -0.2) is 11.2 Å². The summed E-state index contributed by atoms with van der Waals surface area (Å²) in [5.74, 6) is 0.312. The summed E-state index contributed by atoms with van der Waals surface area (Å²) in [6, 6.07) is 0. The molecule has 0 unspecified atom stereocenters. The molecular weight excluding hydrogens is 144 g/mol. The number of rotatable bonds is 1. The second kappa shape index (κ2) is 2.21. The molecule has 3 heteroatoms. The molecule has 0 spiro atoms. The van der Waals surface area contributed by atoms with Crippen LogP contribution in [0.5, 0.6) is 0 Å². The maximum atomic E-state index is 11.1. The lowest BCUT2D eigenvalue weighted by atomic mass is 9.85. The molecule has 0 radical (unpaired) electrons. The second-order valence-electron chi connectivity index (χ2n) is 3.81. The van der Waals surface area contributed by atoms with E-state index in [-0.39, 0.29) is 5.41 Å². The van der Waals surface area contributed by atoms with E-state index in [2.05, 4.69) is 4.89 Å². The topological polar surface area (TPSA) is 46.5 Å². The van der Waals surface area contributed by atoms with Crippen LogP contribution in [0.3, 0.4) is 0 Å². The third-order valence-electron chi connectivity index (χ3n) is 3.26. The normalized spacial score (nSPS) is 41.0. The SMILES string of the molecule is O=C(OO)C12CCC(CC1)C2. The van der Waals surface area contributed by atoms with E-state index in [0.717, 1.165) is 32.1 Å². The molecule has 0 atom stereocenters. The largest absolute Gasteiger partial charge is 0.348 e. The van der Waals surface area contributed by atoms with Crippen LogP contribution in [0.25, 0.3) is 0 Å². The molecule has 62 valence electrons. The molecule has 2 fully saturated rings. The average molecular weight is 156 g/mol. The summed E-state index contributed by atoms with van der Waals surface area (Å²) in [5, 5.41) is 8.26. The molecule has 0 aromatic carbocycles. The van der Waals surface area contributed by atoms with Crippen LogP contribution in [0.4, 0.5) is 0 Å². The van der Waals surface area contributed by atoms with Crippen molar-refractivity contribution in [1.82, 2.24) is 0 Å². The first-order valence-corrected chi connectivity index (χ1v) is 4.13. The third-order valence-corrected chi connectivity index (χ3v) is 3.26. The number of carbonyl (C=O) groups is 1. The Morgan fingerprint density at radius 2 is 2.09 bits per heavy atom. The van der Waals surface area contributed by atoms with Crippen molar-refractivity contribution in [3.05, 3.63) is 0 Å². The van der Waals surface area contributed by atoms with Gasteiger partial charge in [0, 0.05) is 0 Å². The molecule has 0 aromatic rings. The predicted octanol–water partition coefficient (Wildman–Crippen LogP) is 1.58. The fourth-order valence-electron chi connectivity index (χ4n) is 2.58. The molecule has 0 heterocycles. The molecule has 2 aliphatic rings. The number of hydrogen-bond acceptors (Lipinski definition) is 3. The summed E-state index contributed by atoms with van der Waals surface area (Å²) in [6.07, 6.45) is 5.03. The van der Waals surface area contributed by atoms with E-state index >= 15 is 0 Å². The van der Waals surface area contributed by atoms with E-state index in [1.165, 1.54) is 0 Å². The lowest BCUT2D eigenvalue weighted by Crippen LogP contribution is -2.27. The zero-order valence-corrected chi connectivity index (χ0v) is 6.38. The van der Waals surface area contributed by atoms with Crippen LogP contribution in [0, 0.1) is 11.3 Å². The minimum absolute atomic E-state index is 0.292. The number of fused-ring (bicyclic) bond motifs is 2. The van der Waals surface area contributed by atoms with Gasteiger partial charge in [0.05, 0.1) is 5.41 Å². The van der Waals surface area contributed by atoms with Crippen molar-refractivity contribution in [3.63, 3.8) is 0 Å². The van der Waals surface area contributed by atoms with Crippen LogP contribution < -0.4 is 0 Å². The van der Waals surface area contributed by atoms with Crippen LogP contribution in [0.2, 0.25) is 0 Å². The summed E-state index contributed by atoms with van der Waals surface area (Å²) in [4.78, 5) is 14.9. The Morgan fingerprint density at radius 3 is 2.45 bits per heavy atom. The first-order valence-electron chi connectivity index (χ1n) is 4.13. The average Bonchev–Trinajstić information content (AvgIpc) is 2.62. The van der Waals surface area contributed by atoms with E-state index in [4.69, 9.17) is 5.26 Å². The Kier molecular flexibility index (Phi) is 1.42. The van der Waals surface area contributed by atoms with E-state index in [9.17, 15) is 4.79 Å². The molecule has 2 saturated carbocycles. The minimum Gasteiger partial charge on any atom is -0.300 e. The molecular formula is C8H12O3. The standard InChI is InChI=1S/C8H12O3/c9-7(11-10)8-3-1-6(5-8)2-4-8/h6,10H,1-5H2. The molecule has 2 rings (SSSR count). The van der Waals surface area contributed by atoms with E-state index in [1.807, 2.05) is 0 Å². The molecule has 0 aromatic heterocycles. The molecule has 0 aliphatic heterocycles. The highest BCUT2D eigenvalue weighted by Crippen LogP contribution is 2.54. The monoisotopic (exact) mass is 156 g/mol. The van der Waals surface area contributed by atoms with Gasteiger partial charge < -0.3 is 4.89 Å². The van der Waals surface area contributed by atoms with Crippen LogP contribution in [0.1, 0.15) is 32.1 Å². The Hall–Kier alpha value is -0.570. The summed E-state index contributed by atoms with van der Waals surface area (Å²) < 4.78 is 0. The van der Waals surface area contributed by atoms with Gasteiger partial charge in [-0.25, -0.2) is 4.79 Å². The zero-order valence-electron chi connectivity index (χ0n) is 6.38. The number of carbonyl (C=O) groups excluding carboxylic acids is 1. The first-order chi connectivity index (χ1) is 5.27. The Balaban J connectivity index is 2.16. The van der Waals surface area contributed by atoms with Crippen molar-refractivity contribution < 1.29 is 14.9 Å². The summed E-state index contributed by atoms with van der Waals surface area (Å²) in [7, 11) is 0. The molecule has 3 nitrogen and oxygen atoms in total. The van der Waals surface area contributed by atoms with Crippen LogP contribution in [-0.2, 0) is 9.68 Å². The molecule has 11 heavy (non-hydrogen) atoms. The highest BCUT2D eigenvalue weighted by Gasteiger charge is 2.51. The van der Waals surface area contributed by atoms with Crippen molar-refractivity contribution in [2.24, 2.45) is 11.3 Å². The molecule has 1 N–H and O–H groups in total. The van der Waals surface area contributed by atoms with Crippen molar-refractivity contribution in [1.29, 1.82) is 0 Å². The van der Waals surface area contributed by atoms with Gasteiger partial charge >= 0.3 is 5.97 Å². The molecule has 0 saturated heterocycles. The molecule has 0 amide bonds. The van der Waals surface area contributed by atoms with Crippen LogP contribution >= 0.6 is 0 Å². The Morgan fingerprint density at radius 1 is 1.45 bits per heavy atom. The maximum absolute atomic E-state index is 11.1. The van der Waals surface area contributed by atoms with E-state index in [0.29, 0.717) is 5.92 Å². The smallest absolute Gasteiger partial charge is 0.300 e. The van der Waals surface area contributed by atoms with Gasteiger partial charge in [-0.15, -0.1) is 0 Å². The molecule has 2 bridgehead atoms. The second-order valence-corrected chi connectivity index (χ2v) is 3.81. The first kappa shape index (κ1) is 7.10. The van der Waals surface area contributed by atoms with Gasteiger partial charge in [-0.05, 0) is 38.0 Å². The lowest BCUT2D eigenvalue weighted by molar-refractivity contribution is -0.245. The van der Waals surface area contributed by atoms with Crippen molar-refractivity contribution >= 4 is 5.97 Å². The zero-order chi connectivity index (χ0) is 7.90. The highest BCUT2D eigenvalue weighted by atomic mass is 17.1. The van der Waals surface area contributed by atoms with Crippen LogP contribution in [0.15, 0.2) is 0 Å². The lowest BCUT2D eigenvalue weighted by Gasteiger charge is -2.20. The van der Waals surface area contributed by atoms with Crippen molar-refractivity contribution in [2.45, 2.75) is 32.1 Å². The van der Waals surface area contributed by atoms with Gasteiger partial charge in [0.15, 0.2) is 0 Å². The van der Waals surface area contributed by atoms with E-state index in [1.54, 1.807) is 0 Å². The van der Waals surface area contributed by atoms with Gasteiger partial charge in [0.1, 0.15) is 0 Å². The summed E-state index contributed by atoms with van der Waals surface area (Å²) >= 11 is 0. The summed E-state index contributed by atoms with van der Waals surface area (Å²) in [5.41, 5.74) is -0.292.